The minimum atomic E-state index is -0.996. The third kappa shape index (κ3) is 2.96. The fraction of sp³-hybridized carbons (Fsp3) is 0.125. The number of rotatable bonds is 5. The number of methoxy groups -OCH3 is 1. The van der Waals surface area contributed by atoms with E-state index in [4.69, 9.17) is 14.6 Å². The fourth-order valence-corrected chi connectivity index (χ4v) is 2.24. The number of carboxylic acids is 1. The molecule has 8 heteroatoms. The first-order valence-electron chi connectivity index (χ1n) is 6.89. The highest BCUT2D eigenvalue weighted by atomic mass is 16.5. The van der Waals surface area contributed by atoms with E-state index in [1.165, 1.54) is 24.2 Å². The molecule has 0 atom stereocenters. The van der Waals surface area contributed by atoms with Crippen molar-refractivity contribution in [3.05, 3.63) is 42.4 Å². The minimum absolute atomic E-state index is 0.254. The lowest BCUT2D eigenvalue weighted by molar-refractivity contribution is -0.137. The summed E-state index contributed by atoms with van der Waals surface area (Å²) in [5, 5.41) is 22.5. The summed E-state index contributed by atoms with van der Waals surface area (Å²) in [6.45, 7) is -0.254. The van der Waals surface area contributed by atoms with Crippen molar-refractivity contribution in [3.8, 4) is 23.3 Å². The highest BCUT2D eigenvalue weighted by Gasteiger charge is 2.11. The summed E-state index contributed by atoms with van der Waals surface area (Å²) in [4.78, 5) is 14.9. The molecule has 0 amide bonds. The van der Waals surface area contributed by atoms with Crippen LogP contribution < -0.4 is 9.47 Å². The van der Waals surface area contributed by atoms with E-state index >= 15 is 0 Å². The molecule has 0 bridgehead atoms. The molecule has 0 saturated carbocycles. The highest BCUT2D eigenvalue weighted by Crippen LogP contribution is 2.32. The molecule has 3 rings (SSSR count). The number of aromatic nitrogens is 3. The summed E-state index contributed by atoms with van der Waals surface area (Å²) in [6.07, 6.45) is 4.48. The van der Waals surface area contributed by atoms with Crippen molar-refractivity contribution < 1.29 is 19.4 Å². The van der Waals surface area contributed by atoms with E-state index in [-0.39, 0.29) is 6.54 Å². The van der Waals surface area contributed by atoms with Crippen LogP contribution in [0.15, 0.2) is 36.8 Å². The zero-order valence-corrected chi connectivity index (χ0v) is 12.6. The summed E-state index contributed by atoms with van der Waals surface area (Å²) in [5.41, 5.74) is 0.978. The highest BCUT2D eigenvalue weighted by molar-refractivity contribution is 5.88. The van der Waals surface area contributed by atoms with Gasteiger partial charge in [0.25, 0.3) is 0 Å². The van der Waals surface area contributed by atoms with Crippen LogP contribution in [0.5, 0.6) is 17.2 Å². The molecule has 2 heterocycles. The molecule has 0 saturated heterocycles. The van der Waals surface area contributed by atoms with Gasteiger partial charge in [-0.15, -0.1) is 0 Å². The van der Waals surface area contributed by atoms with E-state index < -0.39 is 5.97 Å². The number of benzene rings is 1. The molecular weight excluding hydrogens is 312 g/mol. The third-order valence-corrected chi connectivity index (χ3v) is 3.28. The van der Waals surface area contributed by atoms with Crippen molar-refractivity contribution >= 4 is 16.9 Å². The predicted octanol–water partition coefficient (Wildman–Crippen LogP) is 2.19. The van der Waals surface area contributed by atoms with Crippen molar-refractivity contribution in [1.29, 1.82) is 5.26 Å². The summed E-state index contributed by atoms with van der Waals surface area (Å²) < 4.78 is 12.2. The smallest absolute Gasteiger partial charge is 0.325 e. The largest absolute Gasteiger partial charge is 0.495 e. The van der Waals surface area contributed by atoms with Crippen molar-refractivity contribution in [2.45, 2.75) is 6.54 Å². The lowest BCUT2D eigenvalue weighted by atomic mass is 10.1. The first-order valence-corrected chi connectivity index (χ1v) is 6.89. The molecule has 0 aliphatic rings. The van der Waals surface area contributed by atoms with Crippen LogP contribution in [-0.4, -0.2) is 33.0 Å². The Hall–Kier alpha value is -3.60. The van der Waals surface area contributed by atoms with Crippen LogP contribution >= 0.6 is 0 Å². The van der Waals surface area contributed by atoms with Gasteiger partial charge in [-0.25, -0.2) is 0 Å². The molecule has 0 fully saturated rings. The normalized spacial score (nSPS) is 10.3. The van der Waals surface area contributed by atoms with Crippen LogP contribution in [0.3, 0.4) is 0 Å². The molecule has 0 radical (unpaired) electrons. The van der Waals surface area contributed by atoms with Crippen LogP contribution in [-0.2, 0) is 11.3 Å². The Kier molecular flexibility index (Phi) is 3.99. The van der Waals surface area contributed by atoms with Gasteiger partial charge in [0.1, 0.15) is 24.1 Å². The van der Waals surface area contributed by atoms with Gasteiger partial charge >= 0.3 is 5.97 Å². The first-order chi connectivity index (χ1) is 11.6. The fourth-order valence-electron chi connectivity index (χ4n) is 2.24. The van der Waals surface area contributed by atoms with E-state index in [1.807, 2.05) is 0 Å². The standard InChI is InChI=1S/C16H12N4O4/c1-23-15-5-13-12(4-10(15)6-17)14(2-3-18-13)24-11-7-19-20(8-11)9-16(21)22/h2-5,7-8H,9H2,1H3,(H,21,22). The van der Waals surface area contributed by atoms with Crippen molar-refractivity contribution in [2.24, 2.45) is 0 Å². The number of carboxylic acid groups (broad SMARTS) is 1. The Morgan fingerprint density at radius 3 is 2.96 bits per heavy atom. The lowest BCUT2D eigenvalue weighted by Gasteiger charge is -2.09. The van der Waals surface area contributed by atoms with Crippen LogP contribution in [0, 0.1) is 11.3 Å². The molecule has 1 N–H and O–H groups in total. The number of nitriles is 1. The molecule has 0 spiro atoms. The molecule has 0 aliphatic carbocycles. The topological polar surface area (TPSA) is 110 Å². The molecule has 0 unspecified atom stereocenters. The average Bonchev–Trinajstić information content (AvgIpc) is 3.00. The van der Waals surface area contributed by atoms with Crippen molar-refractivity contribution in [1.82, 2.24) is 14.8 Å². The SMILES string of the molecule is COc1cc2nccc(Oc3cnn(CC(=O)O)c3)c2cc1C#N. The van der Waals surface area contributed by atoms with Crippen LogP contribution in [0.1, 0.15) is 5.56 Å². The first kappa shape index (κ1) is 15.3. The number of hydrogen-bond donors (Lipinski definition) is 1. The second kappa shape index (κ2) is 6.26. The molecule has 120 valence electrons. The van der Waals surface area contributed by atoms with Gasteiger partial charge in [0, 0.05) is 17.6 Å². The number of hydrogen-bond acceptors (Lipinski definition) is 6. The van der Waals surface area contributed by atoms with E-state index in [1.54, 1.807) is 24.4 Å². The summed E-state index contributed by atoms with van der Waals surface area (Å²) in [6, 6.07) is 7.02. The maximum absolute atomic E-state index is 10.7. The monoisotopic (exact) mass is 324 g/mol. The van der Waals surface area contributed by atoms with Gasteiger partial charge in [-0.1, -0.05) is 0 Å². The zero-order chi connectivity index (χ0) is 17.1. The van der Waals surface area contributed by atoms with Gasteiger partial charge in [0.05, 0.1) is 30.6 Å². The molecule has 0 aliphatic heterocycles. The average molecular weight is 324 g/mol. The number of aliphatic carboxylic acids is 1. The Labute approximate surface area is 136 Å². The number of nitrogens with zero attached hydrogens (tertiary/aromatic N) is 4. The number of carbonyl (C=O) groups is 1. The molecular formula is C16H12N4O4. The summed E-state index contributed by atoms with van der Waals surface area (Å²) in [5.74, 6) is 0.306. The van der Waals surface area contributed by atoms with Gasteiger partial charge in [-0.3, -0.25) is 14.5 Å². The van der Waals surface area contributed by atoms with E-state index in [0.29, 0.717) is 33.7 Å². The Balaban J connectivity index is 1.99. The van der Waals surface area contributed by atoms with E-state index in [0.717, 1.165) is 0 Å². The minimum Gasteiger partial charge on any atom is -0.495 e. The third-order valence-electron chi connectivity index (χ3n) is 3.28. The maximum Gasteiger partial charge on any atom is 0.325 e. The number of ether oxygens (including phenoxy) is 2. The quantitative estimate of drug-likeness (QED) is 0.765. The van der Waals surface area contributed by atoms with Gasteiger partial charge in [-0.05, 0) is 12.1 Å². The number of fused-ring (bicyclic) bond motifs is 1. The van der Waals surface area contributed by atoms with Gasteiger partial charge in [0.2, 0.25) is 0 Å². The Morgan fingerprint density at radius 2 is 2.25 bits per heavy atom. The second-order valence-corrected chi connectivity index (χ2v) is 4.86. The predicted molar refractivity (Wildman–Crippen MR) is 82.9 cm³/mol. The van der Waals surface area contributed by atoms with E-state index in [9.17, 15) is 10.1 Å². The Morgan fingerprint density at radius 1 is 1.42 bits per heavy atom. The van der Waals surface area contributed by atoms with Crippen LogP contribution in [0.4, 0.5) is 0 Å². The maximum atomic E-state index is 10.7. The van der Waals surface area contributed by atoms with Gasteiger partial charge in [-0.2, -0.15) is 10.4 Å². The van der Waals surface area contributed by atoms with Crippen molar-refractivity contribution in [3.63, 3.8) is 0 Å². The van der Waals surface area contributed by atoms with Gasteiger partial charge in [0.15, 0.2) is 5.75 Å². The molecule has 1 aromatic carbocycles. The zero-order valence-electron chi connectivity index (χ0n) is 12.6. The van der Waals surface area contributed by atoms with Crippen molar-refractivity contribution in [2.75, 3.05) is 7.11 Å². The molecule has 3 aromatic rings. The Bertz CT molecular complexity index is 958. The molecule has 8 nitrogen and oxygen atoms in total. The van der Waals surface area contributed by atoms with Crippen LogP contribution in [0.25, 0.3) is 10.9 Å². The second-order valence-electron chi connectivity index (χ2n) is 4.86. The molecule has 24 heavy (non-hydrogen) atoms. The summed E-state index contributed by atoms with van der Waals surface area (Å²) in [7, 11) is 1.49. The van der Waals surface area contributed by atoms with Crippen LogP contribution in [0.2, 0.25) is 0 Å². The molecule has 2 aromatic heterocycles. The summed E-state index contributed by atoms with van der Waals surface area (Å²) >= 11 is 0. The lowest BCUT2D eigenvalue weighted by Crippen LogP contribution is -2.08. The van der Waals surface area contributed by atoms with E-state index in [2.05, 4.69) is 16.2 Å². The number of pyridine rings is 1. The van der Waals surface area contributed by atoms with Gasteiger partial charge < -0.3 is 14.6 Å².